The lowest BCUT2D eigenvalue weighted by molar-refractivity contribution is -0.124. The van der Waals surface area contributed by atoms with Gasteiger partial charge in [0, 0.05) is 25.4 Å². The van der Waals surface area contributed by atoms with E-state index in [9.17, 15) is 9.59 Å². The lowest BCUT2D eigenvalue weighted by atomic mass is 10.2. The number of hydrogen-bond donors (Lipinski definition) is 3. The van der Waals surface area contributed by atoms with Gasteiger partial charge in [0.2, 0.25) is 11.8 Å². The first-order valence-corrected chi connectivity index (χ1v) is 5.77. The average Bonchev–Trinajstić information content (AvgIpc) is 2.24. The third-order valence-corrected chi connectivity index (χ3v) is 2.10. The van der Waals surface area contributed by atoms with Crippen LogP contribution in [0.25, 0.3) is 0 Å². The normalized spacial score (nSPS) is 9.65. The minimum absolute atomic E-state index is 0. The predicted octanol–water partition coefficient (Wildman–Crippen LogP) is 0.296. The summed E-state index contributed by atoms with van der Waals surface area (Å²) < 4.78 is 0. The summed E-state index contributed by atoms with van der Waals surface area (Å²) in [5, 5.41) is 8.47. The Morgan fingerprint density at radius 3 is 2.18 bits per heavy atom. The van der Waals surface area contributed by atoms with Crippen molar-refractivity contribution in [3.63, 3.8) is 0 Å². The van der Waals surface area contributed by atoms with Gasteiger partial charge < -0.3 is 16.0 Å². The van der Waals surface area contributed by atoms with Crippen LogP contribution in [-0.4, -0.2) is 38.5 Å². The molecule has 0 rings (SSSR count). The summed E-state index contributed by atoms with van der Waals surface area (Å²) in [6.07, 6.45) is 1.36. The van der Waals surface area contributed by atoms with E-state index in [1.165, 1.54) is 0 Å². The monoisotopic (exact) mass is 265 g/mol. The molecule has 0 saturated carbocycles. The van der Waals surface area contributed by atoms with Crippen LogP contribution in [0.4, 0.5) is 0 Å². The second kappa shape index (κ2) is 11.7. The number of rotatable bonds is 8. The lowest BCUT2D eigenvalue weighted by Gasteiger charge is -2.08. The molecule has 6 heteroatoms. The maximum absolute atomic E-state index is 11.2. The molecule has 0 aromatic heterocycles. The van der Waals surface area contributed by atoms with Gasteiger partial charge in [0.15, 0.2) is 0 Å². The lowest BCUT2D eigenvalue weighted by Crippen LogP contribution is -2.36. The molecular formula is C11H24ClN3O2. The molecule has 2 amide bonds. The predicted molar refractivity (Wildman–Crippen MR) is 71.3 cm³/mol. The van der Waals surface area contributed by atoms with Crippen LogP contribution in [0.3, 0.4) is 0 Å². The molecule has 0 unspecified atom stereocenters. The highest BCUT2D eigenvalue weighted by atomic mass is 35.5. The van der Waals surface area contributed by atoms with E-state index in [4.69, 9.17) is 0 Å². The van der Waals surface area contributed by atoms with Crippen LogP contribution in [0.5, 0.6) is 0 Å². The quantitative estimate of drug-likeness (QED) is 0.553. The zero-order valence-electron chi connectivity index (χ0n) is 10.8. The molecule has 0 heterocycles. The first kappa shape index (κ1) is 18.6. The Kier molecular flexibility index (Phi) is 12.7. The first-order chi connectivity index (χ1) is 7.57. The molecule has 0 saturated heterocycles. The fraction of sp³-hybridized carbons (Fsp3) is 0.818. The van der Waals surface area contributed by atoms with Crippen molar-refractivity contribution in [2.24, 2.45) is 5.92 Å². The maximum Gasteiger partial charge on any atom is 0.222 e. The molecule has 0 aliphatic carbocycles. The van der Waals surface area contributed by atoms with Crippen molar-refractivity contribution >= 4 is 24.2 Å². The Morgan fingerprint density at radius 1 is 1.06 bits per heavy atom. The summed E-state index contributed by atoms with van der Waals surface area (Å²) in [5.41, 5.74) is 0. The van der Waals surface area contributed by atoms with E-state index >= 15 is 0 Å². The van der Waals surface area contributed by atoms with Gasteiger partial charge in [0.1, 0.15) is 0 Å². The highest BCUT2D eigenvalue weighted by Crippen LogP contribution is 1.89. The number of nitrogens with one attached hydrogen (secondary N) is 3. The van der Waals surface area contributed by atoms with E-state index in [1.54, 1.807) is 0 Å². The van der Waals surface area contributed by atoms with E-state index in [0.717, 1.165) is 13.0 Å². The molecule has 0 fully saturated rings. The summed E-state index contributed by atoms with van der Waals surface area (Å²) in [6, 6.07) is 0. The van der Waals surface area contributed by atoms with Crippen LogP contribution in [0.2, 0.25) is 0 Å². The zero-order chi connectivity index (χ0) is 12.4. The second-order valence-corrected chi connectivity index (χ2v) is 4.00. The van der Waals surface area contributed by atoms with Crippen molar-refractivity contribution in [3.05, 3.63) is 0 Å². The van der Waals surface area contributed by atoms with Crippen molar-refractivity contribution < 1.29 is 9.59 Å². The van der Waals surface area contributed by atoms with Crippen molar-refractivity contribution in [2.45, 2.75) is 26.7 Å². The van der Waals surface area contributed by atoms with Crippen molar-refractivity contribution in [2.75, 3.05) is 26.7 Å². The fourth-order valence-electron chi connectivity index (χ4n) is 1.11. The van der Waals surface area contributed by atoms with Crippen molar-refractivity contribution in [1.82, 2.24) is 16.0 Å². The largest absolute Gasteiger partial charge is 0.354 e. The molecule has 0 aromatic carbocycles. The van der Waals surface area contributed by atoms with E-state index in [2.05, 4.69) is 16.0 Å². The minimum atomic E-state index is -0.00803. The third kappa shape index (κ3) is 11.5. The maximum atomic E-state index is 11.2. The van der Waals surface area contributed by atoms with Gasteiger partial charge in [-0.2, -0.15) is 0 Å². The van der Waals surface area contributed by atoms with Crippen LogP contribution in [0, 0.1) is 5.92 Å². The van der Waals surface area contributed by atoms with Crippen LogP contribution in [0.1, 0.15) is 26.7 Å². The summed E-state index contributed by atoms with van der Waals surface area (Å²) in [5.74, 6) is 0.0461. The van der Waals surface area contributed by atoms with Gasteiger partial charge in [-0.05, 0) is 20.0 Å². The molecule has 0 atom stereocenters. The van der Waals surface area contributed by atoms with Gasteiger partial charge in [0.05, 0.1) is 0 Å². The summed E-state index contributed by atoms with van der Waals surface area (Å²) >= 11 is 0. The van der Waals surface area contributed by atoms with Crippen LogP contribution < -0.4 is 16.0 Å². The summed E-state index contributed by atoms with van der Waals surface area (Å²) in [4.78, 5) is 22.4. The fourth-order valence-corrected chi connectivity index (χ4v) is 1.11. The van der Waals surface area contributed by atoms with Gasteiger partial charge in [-0.3, -0.25) is 9.59 Å². The van der Waals surface area contributed by atoms with Crippen molar-refractivity contribution in [1.29, 1.82) is 0 Å². The topological polar surface area (TPSA) is 70.2 Å². The number of halogens is 1. The zero-order valence-corrected chi connectivity index (χ0v) is 11.7. The Hall–Kier alpha value is -0.810. The molecular weight excluding hydrogens is 242 g/mol. The van der Waals surface area contributed by atoms with Gasteiger partial charge in [0.25, 0.3) is 0 Å². The second-order valence-electron chi connectivity index (χ2n) is 4.00. The molecule has 102 valence electrons. The highest BCUT2D eigenvalue weighted by Gasteiger charge is 2.05. The summed E-state index contributed by atoms with van der Waals surface area (Å²) in [6.45, 7) is 5.51. The number of hydrogen-bond acceptors (Lipinski definition) is 3. The van der Waals surface area contributed by atoms with Gasteiger partial charge in [-0.15, -0.1) is 12.4 Å². The number of amides is 2. The Labute approximate surface area is 110 Å². The van der Waals surface area contributed by atoms with E-state index < -0.39 is 0 Å². The molecule has 3 N–H and O–H groups in total. The summed E-state index contributed by atoms with van der Waals surface area (Å²) in [7, 11) is 1.86. The average molecular weight is 266 g/mol. The third-order valence-electron chi connectivity index (χ3n) is 2.10. The van der Waals surface area contributed by atoms with Gasteiger partial charge in [-0.1, -0.05) is 13.8 Å². The Balaban J connectivity index is 0. The van der Waals surface area contributed by atoms with Crippen LogP contribution in [-0.2, 0) is 9.59 Å². The smallest absolute Gasteiger partial charge is 0.222 e. The standard InChI is InChI=1S/C11H23N3O2.ClH/c1-9(2)11(16)14-8-7-13-10(15)5-4-6-12-3;/h9,12H,4-8H2,1-3H3,(H,13,15)(H,14,16);1H. The van der Waals surface area contributed by atoms with Crippen LogP contribution in [0.15, 0.2) is 0 Å². The molecule has 0 bridgehead atoms. The molecule has 0 aliphatic heterocycles. The van der Waals surface area contributed by atoms with Crippen molar-refractivity contribution in [3.8, 4) is 0 Å². The van der Waals surface area contributed by atoms with E-state index in [0.29, 0.717) is 19.5 Å². The van der Waals surface area contributed by atoms with E-state index in [-0.39, 0.29) is 30.1 Å². The number of carbonyl (C=O) groups is 2. The molecule has 0 spiro atoms. The number of carbonyl (C=O) groups excluding carboxylic acids is 2. The molecule has 0 radical (unpaired) electrons. The van der Waals surface area contributed by atoms with Gasteiger partial charge >= 0.3 is 0 Å². The van der Waals surface area contributed by atoms with E-state index in [1.807, 2.05) is 20.9 Å². The molecule has 0 aromatic rings. The highest BCUT2D eigenvalue weighted by molar-refractivity contribution is 5.85. The Morgan fingerprint density at radius 2 is 1.65 bits per heavy atom. The Bertz CT molecular complexity index is 223. The molecule has 17 heavy (non-hydrogen) atoms. The SMILES string of the molecule is CNCCCC(=O)NCCNC(=O)C(C)C.Cl. The van der Waals surface area contributed by atoms with Gasteiger partial charge in [-0.25, -0.2) is 0 Å². The minimum Gasteiger partial charge on any atom is -0.354 e. The molecule has 5 nitrogen and oxygen atoms in total. The first-order valence-electron chi connectivity index (χ1n) is 5.77. The van der Waals surface area contributed by atoms with Crippen LogP contribution >= 0.6 is 12.4 Å². The molecule has 0 aliphatic rings.